The third-order valence-electron chi connectivity index (χ3n) is 6.37. The second kappa shape index (κ2) is 5.74. The molecule has 2 atom stereocenters. The fourth-order valence-electron chi connectivity index (χ4n) is 4.93. The van der Waals surface area contributed by atoms with Crippen molar-refractivity contribution in [2.24, 2.45) is 0 Å². The van der Waals surface area contributed by atoms with E-state index in [0.717, 1.165) is 38.4 Å². The lowest BCUT2D eigenvalue weighted by Crippen LogP contribution is -2.40. The van der Waals surface area contributed by atoms with Crippen LogP contribution < -0.4 is 4.90 Å². The Morgan fingerprint density at radius 1 is 1.04 bits per heavy atom. The summed E-state index contributed by atoms with van der Waals surface area (Å²) in [5.41, 5.74) is 2.59. The Hall–Kier alpha value is -1.59. The molecule has 1 aromatic carbocycles. The second-order valence-electron chi connectivity index (χ2n) is 7.61. The number of rotatable bonds is 2. The van der Waals surface area contributed by atoms with Gasteiger partial charge in [0.25, 0.3) is 0 Å². The Labute approximate surface area is 143 Å². The van der Waals surface area contributed by atoms with Gasteiger partial charge in [-0.15, -0.1) is 0 Å². The predicted octanol–water partition coefficient (Wildman–Crippen LogP) is 2.67. The molecule has 3 saturated heterocycles. The van der Waals surface area contributed by atoms with Crippen molar-refractivity contribution in [3.63, 3.8) is 0 Å². The number of ether oxygens (including phenoxy) is 1. The van der Waals surface area contributed by atoms with E-state index in [1.165, 1.54) is 42.3 Å². The van der Waals surface area contributed by atoms with Gasteiger partial charge in [0.2, 0.25) is 0 Å². The molecule has 2 unspecified atom stereocenters. The van der Waals surface area contributed by atoms with Crippen LogP contribution in [0.15, 0.2) is 24.4 Å². The molecule has 0 amide bonds. The summed E-state index contributed by atoms with van der Waals surface area (Å²) < 4.78 is 7.77. The van der Waals surface area contributed by atoms with Crippen LogP contribution in [0.3, 0.4) is 0 Å². The summed E-state index contributed by atoms with van der Waals surface area (Å²) in [6.45, 7) is 3.63. The van der Waals surface area contributed by atoms with Gasteiger partial charge in [0.15, 0.2) is 0 Å². The van der Waals surface area contributed by atoms with Gasteiger partial charge in [-0.3, -0.25) is 4.68 Å². The van der Waals surface area contributed by atoms with Crippen molar-refractivity contribution < 1.29 is 4.74 Å². The number of benzene rings is 1. The van der Waals surface area contributed by atoms with Gasteiger partial charge >= 0.3 is 0 Å². The van der Waals surface area contributed by atoms with Gasteiger partial charge in [-0.25, -0.2) is 0 Å². The number of morpholine rings is 1. The molecule has 2 aromatic rings. The molecule has 4 heterocycles. The maximum absolute atomic E-state index is 5.46. The molecule has 0 spiro atoms. The van der Waals surface area contributed by atoms with Gasteiger partial charge in [-0.2, -0.15) is 5.10 Å². The van der Waals surface area contributed by atoms with E-state index in [0.29, 0.717) is 6.04 Å². The molecule has 2 bridgehead atoms. The molecule has 0 saturated carbocycles. The van der Waals surface area contributed by atoms with Gasteiger partial charge in [-0.1, -0.05) is 0 Å². The minimum atomic E-state index is 0.561. The van der Waals surface area contributed by atoms with Crippen LogP contribution in [0, 0.1) is 0 Å². The molecule has 3 aliphatic rings. The molecule has 0 aliphatic carbocycles. The number of anilines is 1. The zero-order valence-corrected chi connectivity index (χ0v) is 14.4. The first-order chi connectivity index (χ1) is 11.8. The van der Waals surface area contributed by atoms with E-state index in [9.17, 15) is 0 Å². The van der Waals surface area contributed by atoms with Crippen LogP contribution in [0.1, 0.15) is 31.7 Å². The Morgan fingerprint density at radius 3 is 2.54 bits per heavy atom. The number of nitrogens with zero attached hydrogens (tertiary/aromatic N) is 4. The zero-order valence-electron chi connectivity index (χ0n) is 14.4. The van der Waals surface area contributed by atoms with Gasteiger partial charge < -0.3 is 14.5 Å². The van der Waals surface area contributed by atoms with Crippen molar-refractivity contribution in [2.45, 2.75) is 43.8 Å². The minimum absolute atomic E-state index is 0.561. The van der Waals surface area contributed by atoms with Gasteiger partial charge in [0, 0.05) is 36.2 Å². The Morgan fingerprint density at radius 2 is 1.79 bits per heavy atom. The lowest BCUT2D eigenvalue weighted by molar-refractivity contribution is 0.122. The van der Waals surface area contributed by atoms with E-state index in [1.54, 1.807) is 0 Å². The third-order valence-corrected chi connectivity index (χ3v) is 6.37. The Kier molecular flexibility index (Phi) is 3.52. The minimum Gasteiger partial charge on any atom is -0.378 e. The molecular formula is C19H26N4O. The van der Waals surface area contributed by atoms with Crippen LogP contribution in [-0.4, -0.2) is 60.1 Å². The van der Waals surface area contributed by atoms with Gasteiger partial charge in [-0.05, 0) is 50.9 Å². The molecule has 5 heteroatoms. The van der Waals surface area contributed by atoms with E-state index < -0.39 is 0 Å². The first-order valence-electron chi connectivity index (χ1n) is 9.31. The van der Waals surface area contributed by atoms with Crippen LogP contribution in [-0.2, 0) is 4.74 Å². The molecule has 1 aromatic heterocycles. The first-order valence-corrected chi connectivity index (χ1v) is 9.31. The summed E-state index contributed by atoms with van der Waals surface area (Å²) >= 11 is 0. The summed E-state index contributed by atoms with van der Waals surface area (Å²) in [5, 5.41) is 6.05. The monoisotopic (exact) mass is 326 g/mol. The number of aromatic nitrogens is 2. The number of hydrogen-bond donors (Lipinski definition) is 0. The normalized spacial score (nSPS) is 31.0. The summed E-state index contributed by atoms with van der Waals surface area (Å²) in [6.07, 6.45) is 7.26. The maximum atomic E-state index is 5.46. The van der Waals surface area contributed by atoms with Crippen molar-refractivity contribution in [3.8, 4) is 0 Å². The van der Waals surface area contributed by atoms with E-state index in [4.69, 9.17) is 9.84 Å². The lowest BCUT2D eigenvalue weighted by atomic mass is 9.98. The predicted molar refractivity (Wildman–Crippen MR) is 95.6 cm³/mol. The van der Waals surface area contributed by atoms with Gasteiger partial charge in [0.05, 0.1) is 31.0 Å². The van der Waals surface area contributed by atoms with Crippen molar-refractivity contribution in [1.82, 2.24) is 14.7 Å². The van der Waals surface area contributed by atoms with Crippen molar-refractivity contribution >= 4 is 16.6 Å². The number of fused-ring (bicyclic) bond motifs is 3. The Bertz CT molecular complexity index is 722. The molecule has 24 heavy (non-hydrogen) atoms. The maximum Gasteiger partial charge on any atom is 0.0687 e. The SMILES string of the molecule is CN1C2CCC1CC(n1ncc3cc(N4CCOCC4)ccc31)C2. The second-order valence-corrected chi connectivity index (χ2v) is 7.61. The topological polar surface area (TPSA) is 33.5 Å². The Balaban J connectivity index is 1.43. The smallest absolute Gasteiger partial charge is 0.0687 e. The van der Waals surface area contributed by atoms with Crippen molar-refractivity contribution in [1.29, 1.82) is 0 Å². The summed E-state index contributed by atoms with van der Waals surface area (Å²) in [7, 11) is 2.30. The highest BCUT2D eigenvalue weighted by Crippen LogP contribution is 2.40. The van der Waals surface area contributed by atoms with E-state index >= 15 is 0 Å². The highest BCUT2D eigenvalue weighted by Gasteiger charge is 2.39. The molecule has 3 fully saturated rings. The summed E-state index contributed by atoms with van der Waals surface area (Å²) in [6, 6.07) is 8.89. The lowest BCUT2D eigenvalue weighted by Gasteiger charge is -2.36. The van der Waals surface area contributed by atoms with Crippen LogP contribution >= 0.6 is 0 Å². The molecule has 3 aliphatic heterocycles. The van der Waals surface area contributed by atoms with Crippen molar-refractivity contribution in [2.75, 3.05) is 38.3 Å². The average Bonchev–Trinajstić information content (AvgIpc) is 3.11. The summed E-state index contributed by atoms with van der Waals surface area (Å²) in [4.78, 5) is 5.01. The van der Waals surface area contributed by atoms with Crippen molar-refractivity contribution in [3.05, 3.63) is 24.4 Å². The largest absolute Gasteiger partial charge is 0.378 e. The van der Waals surface area contributed by atoms with E-state index in [2.05, 4.69) is 45.9 Å². The molecule has 128 valence electrons. The average molecular weight is 326 g/mol. The van der Waals surface area contributed by atoms with Crippen LogP contribution in [0.25, 0.3) is 10.9 Å². The van der Waals surface area contributed by atoms with Crippen LogP contribution in [0.4, 0.5) is 5.69 Å². The summed E-state index contributed by atoms with van der Waals surface area (Å²) in [5.74, 6) is 0. The quantitative estimate of drug-likeness (QED) is 0.850. The van der Waals surface area contributed by atoms with Crippen LogP contribution in [0.2, 0.25) is 0 Å². The highest BCUT2D eigenvalue weighted by atomic mass is 16.5. The fourth-order valence-corrected chi connectivity index (χ4v) is 4.93. The molecular weight excluding hydrogens is 300 g/mol. The molecule has 5 rings (SSSR count). The van der Waals surface area contributed by atoms with E-state index in [1.807, 2.05) is 0 Å². The number of piperidine rings is 1. The van der Waals surface area contributed by atoms with E-state index in [-0.39, 0.29) is 0 Å². The molecule has 0 N–H and O–H groups in total. The fraction of sp³-hybridized carbons (Fsp3) is 0.632. The number of hydrogen-bond acceptors (Lipinski definition) is 4. The third kappa shape index (κ3) is 2.33. The van der Waals surface area contributed by atoms with Gasteiger partial charge in [0.1, 0.15) is 0 Å². The highest BCUT2D eigenvalue weighted by molar-refractivity contribution is 5.83. The standard InChI is InChI=1S/C19H26N4O/c1-21-15-2-3-16(21)12-18(11-15)23-19-5-4-17(10-14(19)13-20-23)22-6-8-24-9-7-22/h4-5,10,13,15-16,18H,2-3,6-9,11-12H2,1H3. The van der Waals surface area contributed by atoms with Crippen LogP contribution in [0.5, 0.6) is 0 Å². The zero-order chi connectivity index (χ0) is 16.1. The molecule has 0 radical (unpaired) electrons. The molecule has 5 nitrogen and oxygen atoms in total. The first kappa shape index (κ1) is 14.7.